The second-order valence-electron chi connectivity index (χ2n) is 5.01. The Hall–Kier alpha value is -1.26. The standard InChI is InChI=1S/C15H27N3O/c1-4-18(10-6-9-17(2)3)11-12-19-15-8-5-7-14(16)13-15/h5,7-8,13H,4,6,9-12,16H2,1-3H3. The molecule has 4 nitrogen and oxygen atoms in total. The Morgan fingerprint density at radius 2 is 1.95 bits per heavy atom. The lowest BCUT2D eigenvalue weighted by Crippen LogP contribution is -2.31. The molecular weight excluding hydrogens is 238 g/mol. The highest BCUT2D eigenvalue weighted by Gasteiger charge is 2.03. The number of benzene rings is 1. The molecule has 0 atom stereocenters. The van der Waals surface area contributed by atoms with E-state index in [0.717, 1.165) is 37.6 Å². The molecule has 0 spiro atoms. The average Bonchev–Trinajstić information content (AvgIpc) is 2.36. The fourth-order valence-corrected chi connectivity index (χ4v) is 1.94. The van der Waals surface area contributed by atoms with Crippen molar-refractivity contribution in [2.75, 3.05) is 52.6 Å². The molecule has 0 unspecified atom stereocenters. The van der Waals surface area contributed by atoms with Crippen molar-refractivity contribution in [2.24, 2.45) is 0 Å². The summed E-state index contributed by atoms with van der Waals surface area (Å²) in [4.78, 5) is 4.63. The maximum atomic E-state index is 5.72. The number of hydrogen-bond donors (Lipinski definition) is 1. The minimum absolute atomic E-state index is 0.708. The summed E-state index contributed by atoms with van der Waals surface area (Å²) < 4.78 is 5.71. The van der Waals surface area contributed by atoms with E-state index in [9.17, 15) is 0 Å². The summed E-state index contributed by atoms with van der Waals surface area (Å²) in [7, 11) is 4.22. The van der Waals surface area contributed by atoms with Gasteiger partial charge in [0.2, 0.25) is 0 Å². The third-order valence-electron chi connectivity index (χ3n) is 3.06. The number of nitrogens with zero attached hydrogens (tertiary/aromatic N) is 2. The van der Waals surface area contributed by atoms with Gasteiger partial charge in [-0.3, -0.25) is 0 Å². The molecule has 4 heteroatoms. The van der Waals surface area contributed by atoms with Crippen molar-refractivity contribution in [3.05, 3.63) is 24.3 Å². The SMILES string of the molecule is CCN(CCCN(C)C)CCOc1cccc(N)c1. The van der Waals surface area contributed by atoms with Gasteiger partial charge in [-0.05, 0) is 52.3 Å². The average molecular weight is 265 g/mol. The Bertz CT molecular complexity index is 355. The highest BCUT2D eigenvalue weighted by Crippen LogP contribution is 2.14. The maximum Gasteiger partial charge on any atom is 0.121 e. The first kappa shape index (κ1) is 15.8. The number of anilines is 1. The topological polar surface area (TPSA) is 41.7 Å². The Balaban J connectivity index is 2.22. The first-order valence-corrected chi connectivity index (χ1v) is 6.97. The highest BCUT2D eigenvalue weighted by atomic mass is 16.5. The molecule has 0 aromatic heterocycles. The second-order valence-corrected chi connectivity index (χ2v) is 5.01. The summed E-state index contributed by atoms with van der Waals surface area (Å²) in [5.41, 5.74) is 6.46. The van der Waals surface area contributed by atoms with Gasteiger partial charge in [0.15, 0.2) is 0 Å². The predicted molar refractivity (Wildman–Crippen MR) is 81.6 cm³/mol. The largest absolute Gasteiger partial charge is 0.492 e. The van der Waals surface area contributed by atoms with Crippen LogP contribution in [0.2, 0.25) is 0 Å². The van der Waals surface area contributed by atoms with Gasteiger partial charge < -0.3 is 20.3 Å². The van der Waals surface area contributed by atoms with Gasteiger partial charge in [0, 0.05) is 18.3 Å². The lowest BCUT2D eigenvalue weighted by Gasteiger charge is -2.21. The predicted octanol–water partition coefficient (Wildman–Crippen LogP) is 1.92. The highest BCUT2D eigenvalue weighted by molar-refractivity contribution is 5.43. The molecule has 0 fully saturated rings. The fraction of sp³-hybridized carbons (Fsp3) is 0.600. The summed E-state index contributed by atoms with van der Waals surface area (Å²) in [6, 6.07) is 7.59. The first-order chi connectivity index (χ1) is 9.11. The quantitative estimate of drug-likeness (QED) is 0.693. The lowest BCUT2D eigenvalue weighted by atomic mass is 10.3. The summed E-state index contributed by atoms with van der Waals surface area (Å²) in [6.07, 6.45) is 1.19. The number of nitrogens with two attached hydrogens (primary N) is 1. The minimum Gasteiger partial charge on any atom is -0.492 e. The van der Waals surface area contributed by atoms with Gasteiger partial charge in [0.25, 0.3) is 0 Å². The van der Waals surface area contributed by atoms with Gasteiger partial charge in [-0.25, -0.2) is 0 Å². The van der Waals surface area contributed by atoms with Crippen molar-refractivity contribution in [2.45, 2.75) is 13.3 Å². The van der Waals surface area contributed by atoms with Crippen LogP contribution in [0.3, 0.4) is 0 Å². The summed E-state index contributed by atoms with van der Waals surface area (Å²) in [6.45, 7) is 7.17. The van der Waals surface area contributed by atoms with Crippen molar-refractivity contribution >= 4 is 5.69 Å². The van der Waals surface area contributed by atoms with Gasteiger partial charge in [-0.2, -0.15) is 0 Å². The molecule has 0 amide bonds. The number of nitrogen functional groups attached to an aromatic ring is 1. The van der Waals surface area contributed by atoms with Gasteiger partial charge in [-0.15, -0.1) is 0 Å². The molecule has 1 rings (SSSR count). The van der Waals surface area contributed by atoms with Gasteiger partial charge in [0.1, 0.15) is 12.4 Å². The van der Waals surface area contributed by atoms with E-state index in [-0.39, 0.29) is 0 Å². The van der Waals surface area contributed by atoms with E-state index in [2.05, 4.69) is 30.8 Å². The minimum atomic E-state index is 0.708. The normalized spacial score (nSPS) is 11.2. The van der Waals surface area contributed by atoms with Crippen LogP contribution in [0.5, 0.6) is 5.75 Å². The van der Waals surface area contributed by atoms with Gasteiger partial charge >= 0.3 is 0 Å². The van der Waals surface area contributed by atoms with Gasteiger partial charge in [-0.1, -0.05) is 13.0 Å². The van der Waals surface area contributed by atoms with Crippen molar-refractivity contribution in [3.8, 4) is 5.75 Å². The summed E-state index contributed by atoms with van der Waals surface area (Å²) in [5, 5.41) is 0. The number of hydrogen-bond acceptors (Lipinski definition) is 4. The van der Waals surface area contributed by atoms with E-state index in [1.54, 1.807) is 0 Å². The van der Waals surface area contributed by atoms with E-state index in [4.69, 9.17) is 10.5 Å². The third-order valence-corrected chi connectivity index (χ3v) is 3.06. The van der Waals surface area contributed by atoms with Crippen LogP contribution in [0, 0.1) is 0 Å². The summed E-state index contributed by atoms with van der Waals surface area (Å²) >= 11 is 0. The zero-order valence-corrected chi connectivity index (χ0v) is 12.4. The van der Waals surface area contributed by atoms with Crippen LogP contribution >= 0.6 is 0 Å². The first-order valence-electron chi connectivity index (χ1n) is 6.97. The third kappa shape index (κ3) is 7.03. The molecule has 0 heterocycles. The number of rotatable bonds is 9. The van der Waals surface area contributed by atoms with Crippen molar-refractivity contribution in [1.29, 1.82) is 0 Å². The van der Waals surface area contributed by atoms with Crippen LogP contribution in [0.15, 0.2) is 24.3 Å². The molecule has 19 heavy (non-hydrogen) atoms. The fourth-order valence-electron chi connectivity index (χ4n) is 1.94. The van der Waals surface area contributed by atoms with Crippen molar-refractivity contribution in [3.63, 3.8) is 0 Å². The molecule has 0 saturated heterocycles. The summed E-state index contributed by atoms with van der Waals surface area (Å²) in [5.74, 6) is 0.851. The molecule has 0 saturated carbocycles. The smallest absolute Gasteiger partial charge is 0.121 e. The Labute approximate surface area is 117 Å². The van der Waals surface area contributed by atoms with E-state index in [0.29, 0.717) is 6.61 Å². The molecular formula is C15H27N3O. The monoisotopic (exact) mass is 265 g/mol. The lowest BCUT2D eigenvalue weighted by molar-refractivity contribution is 0.208. The molecule has 0 radical (unpaired) electrons. The molecule has 0 aliphatic rings. The Kier molecular flexibility index (Phi) is 7.30. The molecule has 1 aromatic carbocycles. The van der Waals surface area contributed by atoms with E-state index < -0.39 is 0 Å². The molecule has 1 aromatic rings. The molecule has 0 bridgehead atoms. The van der Waals surface area contributed by atoms with Crippen LogP contribution in [0.25, 0.3) is 0 Å². The van der Waals surface area contributed by atoms with E-state index in [1.165, 1.54) is 6.42 Å². The Morgan fingerprint density at radius 3 is 2.58 bits per heavy atom. The second kappa shape index (κ2) is 8.77. The number of likely N-dealkylation sites (N-methyl/N-ethyl adjacent to an activating group) is 1. The zero-order chi connectivity index (χ0) is 14.1. The molecule has 2 N–H and O–H groups in total. The van der Waals surface area contributed by atoms with Crippen molar-refractivity contribution < 1.29 is 4.74 Å². The number of ether oxygens (including phenoxy) is 1. The maximum absolute atomic E-state index is 5.72. The van der Waals surface area contributed by atoms with Crippen LogP contribution in [0.4, 0.5) is 5.69 Å². The van der Waals surface area contributed by atoms with Crippen LogP contribution < -0.4 is 10.5 Å². The zero-order valence-electron chi connectivity index (χ0n) is 12.4. The molecule has 0 aliphatic heterocycles. The Morgan fingerprint density at radius 1 is 1.16 bits per heavy atom. The van der Waals surface area contributed by atoms with E-state index >= 15 is 0 Å². The van der Waals surface area contributed by atoms with Crippen LogP contribution in [-0.2, 0) is 0 Å². The van der Waals surface area contributed by atoms with Crippen LogP contribution in [0.1, 0.15) is 13.3 Å². The van der Waals surface area contributed by atoms with Crippen LogP contribution in [-0.4, -0.2) is 56.7 Å². The van der Waals surface area contributed by atoms with Gasteiger partial charge in [0.05, 0.1) is 0 Å². The van der Waals surface area contributed by atoms with Crippen molar-refractivity contribution in [1.82, 2.24) is 9.80 Å². The molecule has 108 valence electrons. The van der Waals surface area contributed by atoms with E-state index in [1.807, 2.05) is 24.3 Å². The molecule has 0 aliphatic carbocycles.